The number of carbonyl (C=O) groups is 1. The topological polar surface area (TPSA) is 93.6 Å². The van der Waals surface area contributed by atoms with E-state index in [9.17, 15) is 9.18 Å². The molecule has 0 unspecified atom stereocenters. The van der Waals surface area contributed by atoms with Gasteiger partial charge >= 0.3 is 0 Å². The number of aryl methyl sites for hydroxylation is 1. The number of ether oxygens (including phenoxy) is 1. The molecule has 2 aliphatic rings. The van der Waals surface area contributed by atoms with Gasteiger partial charge < -0.3 is 9.64 Å². The normalized spacial score (nSPS) is 20.3. The predicted molar refractivity (Wildman–Crippen MR) is 123 cm³/mol. The zero-order chi connectivity index (χ0) is 24.5. The lowest BCUT2D eigenvalue weighted by molar-refractivity contribution is -0.139. The maximum Gasteiger partial charge on any atom is 0.228 e. The first-order chi connectivity index (χ1) is 16.9. The molecule has 2 aliphatic heterocycles. The number of carbonyl (C=O) groups excluding carboxylic acids is 1. The summed E-state index contributed by atoms with van der Waals surface area (Å²) >= 11 is 0. The number of benzene rings is 1. The van der Waals surface area contributed by atoms with Gasteiger partial charge in [0.25, 0.3) is 0 Å². The number of hydrogen-bond donors (Lipinski definition) is 0. The number of amides is 1. The van der Waals surface area contributed by atoms with Crippen LogP contribution in [0.4, 0.5) is 10.1 Å². The van der Waals surface area contributed by atoms with E-state index in [1.807, 2.05) is 24.0 Å². The average Bonchev–Trinajstić information content (AvgIpc) is 3.38. The second-order valence-electron chi connectivity index (χ2n) is 8.87. The number of pyridine rings is 1. The first-order valence-electron chi connectivity index (χ1n) is 11.4. The van der Waals surface area contributed by atoms with Crippen molar-refractivity contribution in [1.82, 2.24) is 35.0 Å². The highest BCUT2D eigenvalue weighted by Gasteiger charge is 2.36. The number of tetrazole rings is 1. The van der Waals surface area contributed by atoms with E-state index in [2.05, 4.69) is 30.3 Å². The minimum Gasteiger partial charge on any atom is -0.371 e. The SMILES string of the molecule is [C-]#[N+]c1c(F)ccc([C@@H]2CN3CCN(C(=O)Cc4ccc(-n5cnnn5)c(C)n4)C[C@H]3CO2)c1C. The highest BCUT2D eigenvalue weighted by Crippen LogP contribution is 2.34. The molecule has 2 aromatic heterocycles. The van der Waals surface area contributed by atoms with Crippen LogP contribution in [-0.2, 0) is 16.0 Å². The lowest BCUT2D eigenvalue weighted by atomic mass is 9.98. The van der Waals surface area contributed by atoms with E-state index in [1.54, 1.807) is 17.7 Å². The van der Waals surface area contributed by atoms with Gasteiger partial charge in [0.2, 0.25) is 11.6 Å². The Hall–Kier alpha value is -3.75. The Labute approximate surface area is 202 Å². The number of halogens is 1. The van der Waals surface area contributed by atoms with Gasteiger partial charge in [-0.25, -0.2) is 9.24 Å². The first kappa shape index (κ1) is 23.0. The van der Waals surface area contributed by atoms with Gasteiger partial charge in [-0.2, -0.15) is 4.68 Å². The van der Waals surface area contributed by atoms with Gasteiger partial charge in [0, 0.05) is 26.2 Å². The Morgan fingerprint density at radius 2 is 2.09 bits per heavy atom. The molecule has 35 heavy (non-hydrogen) atoms. The monoisotopic (exact) mass is 476 g/mol. The van der Waals surface area contributed by atoms with Crippen molar-refractivity contribution in [2.45, 2.75) is 32.4 Å². The van der Waals surface area contributed by atoms with E-state index in [0.29, 0.717) is 37.5 Å². The summed E-state index contributed by atoms with van der Waals surface area (Å²) in [6, 6.07) is 6.85. The van der Waals surface area contributed by atoms with Crippen molar-refractivity contribution in [3.63, 3.8) is 0 Å². The minimum atomic E-state index is -0.503. The molecule has 0 N–H and O–H groups in total. The zero-order valence-electron chi connectivity index (χ0n) is 19.6. The van der Waals surface area contributed by atoms with Crippen molar-refractivity contribution in [3.05, 3.63) is 70.3 Å². The summed E-state index contributed by atoms with van der Waals surface area (Å²) in [7, 11) is 0. The Kier molecular flexibility index (Phi) is 6.23. The van der Waals surface area contributed by atoms with Crippen LogP contribution < -0.4 is 0 Å². The number of hydrogen-bond acceptors (Lipinski definition) is 7. The fourth-order valence-electron chi connectivity index (χ4n) is 4.85. The number of aromatic nitrogens is 5. The van der Waals surface area contributed by atoms with Crippen LogP contribution in [0.5, 0.6) is 0 Å². The van der Waals surface area contributed by atoms with Crippen molar-refractivity contribution in [3.8, 4) is 5.69 Å². The molecule has 0 radical (unpaired) electrons. The van der Waals surface area contributed by atoms with Crippen LogP contribution in [0.1, 0.15) is 28.6 Å². The smallest absolute Gasteiger partial charge is 0.228 e. The van der Waals surface area contributed by atoms with E-state index < -0.39 is 5.82 Å². The summed E-state index contributed by atoms with van der Waals surface area (Å²) in [6.07, 6.45) is 1.51. The van der Waals surface area contributed by atoms with Gasteiger partial charge in [0.1, 0.15) is 12.1 Å². The Morgan fingerprint density at radius 3 is 2.83 bits per heavy atom. The van der Waals surface area contributed by atoms with Gasteiger partial charge in [-0.05, 0) is 53.6 Å². The van der Waals surface area contributed by atoms with Crippen molar-refractivity contribution in [2.75, 3.05) is 32.8 Å². The minimum absolute atomic E-state index is 0.0323. The summed E-state index contributed by atoms with van der Waals surface area (Å²) in [5.74, 6) is -0.471. The molecule has 2 saturated heterocycles. The number of piperazine rings is 1. The van der Waals surface area contributed by atoms with E-state index in [-0.39, 0.29) is 30.2 Å². The summed E-state index contributed by atoms with van der Waals surface area (Å²) in [6.45, 7) is 14.0. The van der Waals surface area contributed by atoms with Crippen LogP contribution in [0, 0.1) is 26.2 Å². The molecule has 5 rings (SSSR count). The zero-order valence-corrected chi connectivity index (χ0v) is 19.6. The highest BCUT2D eigenvalue weighted by molar-refractivity contribution is 5.78. The third-order valence-corrected chi connectivity index (χ3v) is 6.77. The van der Waals surface area contributed by atoms with Crippen LogP contribution in [0.3, 0.4) is 0 Å². The lowest BCUT2D eigenvalue weighted by Crippen LogP contribution is -2.59. The third-order valence-electron chi connectivity index (χ3n) is 6.77. The second-order valence-corrected chi connectivity index (χ2v) is 8.87. The maximum absolute atomic E-state index is 13.9. The van der Waals surface area contributed by atoms with E-state index in [1.165, 1.54) is 12.4 Å². The van der Waals surface area contributed by atoms with Gasteiger partial charge in [-0.1, -0.05) is 6.07 Å². The van der Waals surface area contributed by atoms with Crippen LogP contribution in [0.15, 0.2) is 30.6 Å². The molecule has 2 atom stereocenters. The standard InChI is InChI=1S/C24H25FN8O2/c1-15-19(5-6-20(25)24(15)26-3)22-12-31-8-9-32(11-18(31)13-35-22)23(34)10-17-4-7-21(16(2)28-17)33-14-27-29-30-33/h4-7,14,18,22H,8-13H2,1-2H3/t18-,22-/m0/s1. The second kappa shape index (κ2) is 9.48. The van der Waals surface area contributed by atoms with Gasteiger partial charge in [-0.3, -0.25) is 14.7 Å². The molecule has 10 nitrogen and oxygen atoms in total. The quantitative estimate of drug-likeness (QED) is 0.533. The number of morpholine rings is 1. The van der Waals surface area contributed by atoms with Crippen LogP contribution in [-0.4, -0.2) is 79.7 Å². The Morgan fingerprint density at radius 1 is 1.23 bits per heavy atom. The fraction of sp³-hybridized carbons (Fsp3) is 0.417. The van der Waals surface area contributed by atoms with Gasteiger partial charge in [-0.15, -0.1) is 5.10 Å². The molecule has 11 heteroatoms. The molecule has 4 heterocycles. The van der Waals surface area contributed by atoms with Gasteiger partial charge in [0.15, 0.2) is 0 Å². The average molecular weight is 477 g/mol. The Bertz CT molecular complexity index is 1290. The molecule has 1 aromatic carbocycles. The molecule has 0 aliphatic carbocycles. The molecule has 180 valence electrons. The molecule has 0 spiro atoms. The van der Waals surface area contributed by atoms with Crippen molar-refractivity contribution in [2.24, 2.45) is 0 Å². The molecule has 0 saturated carbocycles. The predicted octanol–water partition coefficient (Wildman–Crippen LogP) is 2.19. The number of nitrogens with zero attached hydrogens (tertiary/aromatic N) is 8. The molecular weight excluding hydrogens is 451 g/mol. The Balaban J connectivity index is 1.21. The third kappa shape index (κ3) is 4.50. The number of fused-ring (bicyclic) bond motifs is 1. The van der Waals surface area contributed by atoms with Crippen LogP contribution in [0.25, 0.3) is 10.5 Å². The van der Waals surface area contributed by atoms with Crippen LogP contribution >= 0.6 is 0 Å². The summed E-state index contributed by atoms with van der Waals surface area (Å²) in [4.78, 5) is 25.1. The molecule has 3 aromatic rings. The van der Waals surface area contributed by atoms with Crippen LogP contribution in [0.2, 0.25) is 0 Å². The van der Waals surface area contributed by atoms with E-state index in [0.717, 1.165) is 23.5 Å². The number of rotatable bonds is 4. The van der Waals surface area contributed by atoms with Gasteiger partial charge in [0.05, 0.1) is 48.8 Å². The van der Waals surface area contributed by atoms with Crippen molar-refractivity contribution in [1.29, 1.82) is 0 Å². The van der Waals surface area contributed by atoms with Crippen molar-refractivity contribution >= 4 is 11.6 Å². The maximum atomic E-state index is 13.9. The molecule has 0 bridgehead atoms. The summed E-state index contributed by atoms with van der Waals surface area (Å²) in [5, 5.41) is 11.2. The highest BCUT2D eigenvalue weighted by atomic mass is 19.1. The fourth-order valence-corrected chi connectivity index (χ4v) is 4.85. The first-order valence-corrected chi connectivity index (χ1v) is 11.4. The molecular formula is C24H25FN8O2. The largest absolute Gasteiger partial charge is 0.371 e. The molecule has 2 fully saturated rings. The van der Waals surface area contributed by atoms with Crippen molar-refractivity contribution < 1.29 is 13.9 Å². The van der Waals surface area contributed by atoms with E-state index in [4.69, 9.17) is 11.3 Å². The molecule has 1 amide bonds. The summed E-state index contributed by atoms with van der Waals surface area (Å²) in [5.41, 5.74) is 3.75. The van der Waals surface area contributed by atoms with E-state index >= 15 is 0 Å². The summed E-state index contributed by atoms with van der Waals surface area (Å²) < 4.78 is 21.6. The lowest BCUT2D eigenvalue weighted by Gasteiger charge is -2.46.